The summed E-state index contributed by atoms with van der Waals surface area (Å²) in [5.74, 6) is 2.65. The summed E-state index contributed by atoms with van der Waals surface area (Å²) in [6, 6.07) is 4.11. The summed E-state index contributed by atoms with van der Waals surface area (Å²) in [6.07, 6.45) is 2.41. The lowest BCUT2D eigenvalue weighted by Gasteiger charge is -2.24. The van der Waals surface area contributed by atoms with Crippen molar-refractivity contribution >= 4 is 0 Å². The SMILES string of the molecule is COc1cc([C@@H]2CCCNC2)cc(OC)c1OC. The van der Waals surface area contributed by atoms with Gasteiger partial charge in [-0.2, -0.15) is 0 Å². The molecule has 1 atom stereocenters. The van der Waals surface area contributed by atoms with Crippen LogP contribution in [0.25, 0.3) is 0 Å². The maximum Gasteiger partial charge on any atom is 0.203 e. The van der Waals surface area contributed by atoms with Crippen molar-refractivity contribution in [2.24, 2.45) is 0 Å². The van der Waals surface area contributed by atoms with E-state index in [1.807, 2.05) is 0 Å². The summed E-state index contributed by atoms with van der Waals surface area (Å²) < 4.78 is 16.1. The Balaban J connectivity index is 2.35. The van der Waals surface area contributed by atoms with E-state index >= 15 is 0 Å². The van der Waals surface area contributed by atoms with E-state index in [-0.39, 0.29) is 0 Å². The van der Waals surface area contributed by atoms with Crippen LogP contribution < -0.4 is 19.5 Å². The largest absolute Gasteiger partial charge is 0.493 e. The second-order valence-electron chi connectivity index (χ2n) is 4.50. The number of hydrogen-bond acceptors (Lipinski definition) is 4. The van der Waals surface area contributed by atoms with Crippen LogP contribution in [0.4, 0.5) is 0 Å². The molecule has 1 aromatic carbocycles. The van der Waals surface area contributed by atoms with Crippen LogP contribution in [0.2, 0.25) is 0 Å². The highest BCUT2D eigenvalue weighted by Crippen LogP contribution is 2.40. The second-order valence-corrected chi connectivity index (χ2v) is 4.50. The third kappa shape index (κ3) is 2.53. The van der Waals surface area contributed by atoms with Crippen LogP contribution >= 0.6 is 0 Å². The summed E-state index contributed by atoms with van der Waals surface area (Å²) in [7, 11) is 4.93. The lowest BCUT2D eigenvalue weighted by molar-refractivity contribution is 0.322. The van der Waals surface area contributed by atoms with E-state index in [0.29, 0.717) is 11.7 Å². The summed E-state index contributed by atoms with van der Waals surface area (Å²) in [5, 5.41) is 3.42. The van der Waals surface area contributed by atoms with Crippen molar-refractivity contribution in [3.8, 4) is 17.2 Å². The first-order valence-electron chi connectivity index (χ1n) is 6.30. The molecule has 4 nitrogen and oxygen atoms in total. The lowest BCUT2D eigenvalue weighted by Crippen LogP contribution is -2.28. The predicted molar refractivity (Wildman–Crippen MR) is 70.9 cm³/mol. The summed E-state index contributed by atoms with van der Waals surface area (Å²) in [4.78, 5) is 0. The molecule has 4 heteroatoms. The average Bonchev–Trinajstić information content (AvgIpc) is 2.46. The molecule has 1 fully saturated rings. The first-order valence-corrected chi connectivity index (χ1v) is 6.30. The molecule has 0 saturated carbocycles. The molecule has 0 amide bonds. The van der Waals surface area contributed by atoms with E-state index in [4.69, 9.17) is 14.2 Å². The van der Waals surface area contributed by atoms with E-state index in [1.165, 1.54) is 18.4 Å². The molecule has 0 radical (unpaired) electrons. The Bertz CT molecular complexity index is 375. The third-order valence-electron chi connectivity index (χ3n) is 3.46. The molecule has 100 valence electrons. The monoisotopic (exact) mass is 251 g/mol. The zero-order valence-electron chi connectivity index (χ0n) is 11.3. The van der Waals surface area contributed by atoms with Crippen LogP contribution in [0.15, 0.2) is 12.1 Å². The minimum atomic E-state index is 0.521. The average molecular weight is 251 g/mol. The van der Waals surface area contributed by atoms with Crippen LogP contribution in [-0.2, 0) is 0 Å². The fourth-order valence-corrected chi connectivity index (χ4v) is 2.47. The van der Waals surface area contributed by atoms with Gasteiger partial charge < -0.3 is 19.5 Å². The predicted octanol–water partition coefficient (Wildman–Crippen LogP) is 2.18. The van der Waals surface area contributed by atoms with Crippen LogP contribution in [-0.4, -0.2) is 34.4 Å². The molecule has 0 aliphatic carbocycles. The first kappa shape index (κ1) is 13.0. The van der Waals surface area contributed by atoms with E-state index in [1.54, 1.807) is 21.3 Å². The number of benzene rings is 1. The molecule has 0 bridgehead atoms. The van der Waals surface area contributed by atoms with Gasteiger partial charge in [0.25, 0.3) is 0 Å². The Kier molecular flexibility index (Phi) is 4.31. The van der Waals surface area contributed by atoms with Crippen molar-refractivity contribution in [3.63, 3.8) is 0 Å². The number of ether oxygens (including phenoxy) is 3. The Hall–Kier alpha value is -1.42. The van der Waals surface area contributed by atoms with Gasteiger partial charge in [-0.05, 0) is 43.0 Å². The van der Waals surface area contributed by atoms with Crippen molar-refractivity contribution < 1.29 is 14.2 Å². The van der Waals surface area contributed by atoms with Crippen molar-refractivity contribution in [3.05, 3.63) is 17.7 Å². The quantitative estimate of drug-likeness (QED) is 0.890. The van der Waals surface area contributed by atoms with Crippen molar-refractivity contribution in [1.29, 1.82) is 0 Å². The van der Waals surface area contributed by atoms with Gasteiger partial charge in [-0.3, -0.25) is 0 Å². The Morgan fingerprint density at radius 2 is 1.72 bits per heavy atom. The maximum atomic E-state index is 5.38. The molecular weight excluding hydrogens is 230 g/mol. The van der Waals surface area contributed by atoms with Crippen molar-refractivity contribution in [1.82, 2.24) is 5.32 Å². The Morgan fingerprint density at radius 1 is 1.06 bits per heavy atom. The molecular formula is C14H21NO3. The molecule has 2 rings (SSSR count). The topological polar surface area (TPSA) is 39.7 Å². The zero-order chi connectivity index (χ0) is 13.0. The molecule has 0 aromatic heterocycles. The highest BCUT2D eigenvalue weighted by atomic mass is 16.5. The summed E-state index contributed by atoms with van der Waals surface area (Å²) >= 11 is 0. The second kappa shape index (κ2) is 5.96. The number of hydrogen-bond donors (Lipinski definition) is 1. The maximum absolute atomic E-state index is 5.38. The van der Waals surface area contributed by atoms with E-state index in [9.17, 15) is 0 Å². The fraction of sp³-hybridized carbons (Fsp3) is 0.571. The van der Waals surface area contributed by atoms with E-state index < -0.39 is 0 Å². The molecule has 1 aromatic rings. The van der Waals surface area contributed by atoms with Gasteiger partial charge in [-0.25, -0.2) is 0 Å². The Morgan fingerprint density at radius 3 is 2.17 bits per heavy atom. The Labute approximate surface area is 108 Å². The van der Waals surface area contributed by atoms with Crippen LogP contribution in [0.5, 0.6) is 17.2 Å². The fourth-order valence-electron chi connectivity index (χ4n) is 2.47. The highest BCUT2D eigenvalue weighted by Gasteiger charge is 2.20. The van der Waals surface area contributed by atoms with E-state index in [0.717, 1.165) is 24.6 Å². The normalized spacial score (nSPS) is 19.4. The van der Waals surface area contributed by atoms with Gasteiger partial charge in [-0.15, -0.1) is 0 Å². The van der Waals surface area contributed by atoms with Crippen molar-refractivity contribution in [2.45, 2.75) is 18.8 Å². The molecule has 0 spiro atoms. The number of rotatable bonds is 4. The third-order valence-corrected chi connectivity index (χ3v) is 3.46. The molecule has 1 saturated heterocycles. The minimum Gasteiger partial charge on any atom is -0.493 e. The van der Waals surface area contributed by atoms with Gasteiger partial charge in [0.15, 0.2) is 11.5 Å². The van der Waals surface area contributed by atoms with Crippen LogP contribution in [0.3, 0.4) is 0 Å². The standard InChI is InChI=1S/C14H21NO3/c1-16-12-7-11(10-5-4-6-15-9-10)8-13(17-2)14(12)18-3/h7-8,10,15H,4-6,9H2,1-3H3/t10-/m1/s1. The number of nitrogens with one attached hydrogen (secondary N) is 1. The molecule has 1 N–H and O–H groups in total. The van der Waals surface area contributed by atoms with Gasteiger partial charge in [0.2, 0.25) is 5.75 Å². The molecule has 1 aliphatic heterocycles. The van der Waals surface area contributed by atoms with Gasteiger partial charge in [0, 0.05) is 6.54 Å². The minimum absolute atomic E-state index is 0.521. The van der Waals surface area contributed by atoms with Crippen LogP contribution in [0.1, 0.15) is 24.3 Å². The molecule has 0 unspecified atom stereocenters. The molecule has 18 heavy (non-hydrogen) atoms. The van der Waals surface area contributed by atoms with Gasteiger partial charge in [0.1, 0.15) is 0 Å². The summed E-state index contributed by atoms with van der Waals surface area (Å²) in [6.45, 7) is 2.12. The highest BCUT2D eigenvalue weighted by molar-refractivity contribution is 5.54. The summed E-state index contributed by atoms with van der Waals surface area (Å²) in [5.41, 5.74) is 1.25. The first-order chi connectivity index (χ1) is 8.80. The van der Waals surface area contributed by atoms with Crippen molar-refractivity contribution in [2.75, 3.05) is 34.4 Å². The number of piperidine rings is 1. The zero-order valence-corrected chi connectivity index (χ0v) is 11.3. The smallest absolute Gasteiger partial charge is 0.203 e. The number of methoxy groups -OCH3 is 3. The lowest BCUT2D eigenvalue weighted by atomic mass is 9.91. The van der Waals surface area contributed by atoms with E-state index in [2.05, 4.69) is 17.4 Å². The molecule has 1 aliphatic rings. The molecule has 1 heterocycles. The van der Waals surface area contributed by atoms with Gasteiger partial charge in [-0.1, -0.05) is 0 Å². The van der Waals surface area contributed by atoms with Gasteiger partial charge >= 0.3 is 0 Å². The van der Waals surface area contributed by atoms with Gasteiger partial charge in [0.05, 0.1) is 21.3 Å². The van der Waals surface area contributed by atoms with Crippen LogP contribution in [0, 0.1) is 0 Å².